The van der Waals surface area contributed by atoms with E-state index in [0.29, 0.717) is 27.0 Å². The minimum atomic E-state index is -0.372. The van der Waals surface area contributed by atoms with Gasteiger partial charge in [0.2, 0.25) is 5.43 Å². The Labute approximate surface area is 183 Å². The molecule has 3 aromatic heterocycles. The molecule has 1 aliphatic rings. The summed E-state index contributed by atoms with van der Waals surface area (Å²) in [5.74, 6) is 5.66. The fraction of sp³-hybridized carbons (Fsp3) is 0.120. The van der Waals surface area contributed by atoms with Gasteiger partial charge in [0.15, 0.2) is 12.4 Å². The lowest BCUT2D eigenvalue weighted by Gasteiger charge is -2.13. The molecule has 1 aromatic carbocycles. The highest BCUT2D eigenvalue weighted by atomic mass is 16.5. The Morgan fingerprint density at radius 3 is 2.75 bits per heavy atom. The van der Waals surface area contributed by atoms with E-state index in [1.54, 1.807) is 41.2 Å². The van der Waals surface area contributed by atoms with E-state index in [4.69, 9.17) is 0 Å². The van der Waals surface area contributed by atoms with Crippen molar-refractivity contribution in [2.45, 2.75) is 18.9 Å². The number of hydrogen-bond acceptors (Lipinski definition) is 4. The molecule has 1 aliphatic carbocycles. The van der Waals surface area contributed by atoms with Crippen LogP contribution in [-0.2, 0) is 0 Å². The first-order chi connectivity index (χ1) is 15.6. The SMILES string of the molecule is O=C(NC1CC1)c1cn(-c2cccc(C#Cc3ccc[n+]([O-])c3)c2)c2ncccc2c1=O. The number of amides is 1. The molecule has 0 saturated heterocycles. The molecule has 1 fully saturated rings. The van der Waals surface area contributed by atoms with Gasteiger partial charge in [0.1, 0.15) is 11.2 Å². The maximum atomic E-state index is 12.9. The molecule has 1 amide bonds. The van der Waals surface area contributed by atoms with Gasteiger partial charge in [-0.1, -0.05) is 17.9 Å². The van der Waals surface area contributed by atoms with Crippen molar-refractivity contribution < 1.29 is 9.52 Å². The minimum absolute atomic E-state index is 0.0816. The predicted octanol–water partition coefficient (Wildman–Crippen LogP) is 2.31. The summed E-state index contributed by atoms with van der Waals surface area (Å²) in [4.78, 5) is 30.0. The number of aromatic nitrogens is 3. The van der Waals surface area contributed by atoms with Gasteiger partial charge >= 0.3 is 0 Å². The van der Waals surface area contributed by atoms with Crippen molar-refractivity contribution in [1.29, 1.82) is 0 Å². The van der Waals surface area contributed by atoms with Crippen LogP contribution in [0.1, 0.15) is 34.3 Å². The lowest BCUT2D eigenvalue weighted by atomic mass is 10.1. The smallest absolute Gasteiger partial charge is 0.257 e. The zero-order chi connectivity index (χ0) is 22.1. The molecule has 3 heterocycles. The molecule has 0 radical (unpaired) electrons. The molecule has 156 valence electrons. The molecule has 0 aliphatic heterocycles. The Balaban J connectivity index is 1.60. The van der Waals surface area contributed by atoms with E-state index < -0.39 is 0 Å². The highest BCUT2D eigenvalue weighted by molar-refractivity contribution is 5.97. The number of pyridine rings is 3. The molecule has 1 N–H and O–H groups in total. The van der Waals surface area contributed by atoms with E-state index in [9.17, 15) is 14.8 Å². The van der Waals surface area contributed by atoms with Crippen LogP contribution < -0.4 is 15.5 Å². The monoisotopic (exact) mass is 422 g/mol. The third-order valence-electron chi connectivity index (χ3n) is 5.17. The summed E-state index contributed by atoms with van der Waals surface area (Å²) in [7, 11) is 0. The summed E-state index contributed by atoms with van der Waals surface area (Å²) >= 11 is 0. The Morgan fingerprint density at radius 1 is 1.12 bits per heavy atom. The van der Waals surface area contributed by atoms with Crippen LogP contribution in [0.2, 0.25) is 0 Å². The standard InChI is InChI=1S/C25H18N4O3/c30-23-21-7-2-12-26-24(21)29(16-22(23)25(31)27-19-10-11-19)20-6-1-4-17(14-20)8-9-18-5-3-13-28(32)15-18/h1-7,12-16,19H,10-11H2,(H,27,31). The molecule has 0 unspecified atom stereocenters. The summed E-state index contributed by atoms with van der Waals surface area (Å²) in [5.41, 5.74) is 2.23. The summed E-state index contributed by atoms with van der Waals surface area (Å²) < 4.78 is 2.44. The Morgan fingerprint density at radius 2 is 1.94 bits per heavy atom. The molecule has 5 rings (SSSR count). The van der Waals surface area contributed by atoms with Gasteiger partial charge in [0.25, 0.3) is 5.91 Å². The first-order valence-corrected chi connectivity index (χ1v) is 10.2. The highest BCUT2D eigenvalue weighted by Crippen LogP contribution is 2.20. The molecule has 0 bridgehead atoms. The number of carbonyl (C=O) groups excluding carboxylic acids is 1. The van der Waals surface area contributed by atoms with E-state index in [1.807, 2.05) is 24.3 Å². The van der Waals surface area contributed by atoms with Crippen molar-refractivity contribution >= 4 is 16.9 Å². The zero-order valence-corrected chi connectivity index (χ0v) is 17.0. The maximum Gasteiger partial charge on any atom is 0.257 e. The Kier molecular flexibility index (Phi) is 4.88. The molecule has 0 atom stereocenters. The second-order valence-electron chi connectivity index (χ2n) is 7.62. The molecule has 32 heavy (non-hydrogen) atoms. The van der Waals surface area contributed by atoms with Gasteiger partial charge in [-0.2, -0.15) is 4.73 Å². The number of rotatable bonds is 3. The largest absolute Gasteiger partial charge is 0.619 e. The average molecular weight is 422 g/mol. The van der Waals surface area contributed by atoms with Crippen molar-refractivity contribution in [2.75, 3.05) is 0 Å². The number of benzene rings is 1. The third-order valence-corrected chi connectivity index (χ3v) is 5.17. The minimum Gasteiger partial charge on any atom is -0.619 e. The molecule has 7 heteroatoms. The maximum absolute atomic E-state index is 12.9. The van der Waals surface area contributed by atoms with Crippen LogP contribution in [0.15, 0.2) is 78.1 Å². The van der Waals surface area contributed by atoms with Crippen molar-refractivity contribution in [3.8, 4) is 17.5 Å². The first kappa shape index (κ1) is 19.5. The Hall–Kier alpha value is -4.44. The number of carbonyl (C=O) groups is 1. The van der Waals surface area contributed by atoms with Crippen LogP contribution in [0.4, 0.5) is 0 Å². The fourth-order valence-electron chi connectivity index (χ4n) is 3.42. The van der Waals surface area contributed by atoms with Crippen molar-refractivity contribution in [2.24, 2.45) is 0 Å². The van der Waals surface area contributed by atoms with E-state index in [1.165, 1.54) is 12.4 Å². The summed E-state index contributed by atoms with van der Waals surface area (Å²) in [6, 6.07) is 14.3. The average Bonchev–Trinajstić information content (AvgIpc) is 3.62. The lowest BCUT2D eigenvalue weighted by molar-refractivity contribution is -0.605. The van der Waals surface area contributed by atoms with E-state index in [2.05, 4.69) is 22.1 Å². The van der Waals surface area contributed by atoms with Gasteiger partial charge in [-0.15, -0.1) is 0 Å². The predicted molar refractivity (Wildman–Crippen MR) is 119 cm³/mol. The fourth-order valence-corrected chi connectivity index (χ4v) is 3.42. The molecule has 7 nitrogen and oxygen atoms in total. The molecular weight excluding hydrogens is 404 g/mol. The van der Waals surface area contributed by atoms with Crippen LogP contribution in [0.3, 0.4) is 0 Å². The van der Waals surface area contributed by atoms with E-state index in [0.717, 1.165) is 18.4 Å². The van der Waals surface area contributed by atoms with Gasteiger partial charge in [-0.05, 0) is 49.2 Å². The number of nitrogens with one attached hydrogen (secondary N) is 1. The first-order valence-electron chi connectivity index (χ1n) is 10.2. The van der Waals surface area contributed by atoms with Gasteiger partial charge in [0.05, 0.1) is 10.9 Å². The van der Waals surface area contributed by atoms with Crippen LogP contribution >= 0.6 is 0 Å². The van der Waals surface area contributed by atoms with Crippen molar-refractivity contribution in [3.63, 3.8) is 0 Å². The molecule has 1 saturated carbocycles. The van der Waals surface area contributed by atoms with Crippen LogP contribution in [0, 0.1) is 17.0 Å². The van der Waals surface area contributed by atoms with Gasteiger partial charge < -0.3 is 15.1 Å². The summed E-state index contributed by atoms with van der Waals surface area (Å²) in [6.07, 6.45) is 7.82. The molecular formula is C25H18N4O3. The third kappa shape index (κ3) is 3.94. The molecule has 0 spiro atoms. The molecule has 4 aromatic rings. The lowest BCUT2D eigenvalue weighted by Crippen LogP contribution is -2.31. The number of fused-ring (bicyclic) bond motifs is 1. The normalized spacial score (nSPS) is 12.8. The second kappa shape index (κ2) is 8.00. The van der Waals surface area contributed by atoms with E-state index >= 15 is 0 Å². The van der Waals surface area contributed by atoms with Gasteiger partial charge in [0, 0.05) is 35.8 Å². The topological polar surface area (TPSA) is 90.9 Å². The highest BCUT2D eigenvalue weighted by Gasteiger charge is 2.26. The summed E-state index contributed by atoms with van der Waals surface area (Å²) in [5, 5.41) is 14.7. The van der Waals surface area contributed by atoms with Gasteiger partial charge in [-0.3, -0.25) is 9.59 Å². The van der Waals surface area contributed by atoms with E-state index in [-0.39, 0.29) is 22.9 Å². The van der Waals surface area contributed by atoms with Crippen molar-refractivity contribution in [3.05, 3.63) is 105 Å². The van der Waals surface area contributed by atoms with Crippen LogP contribution in [0.5, 0.6) is 0 Å². The van der Waals surface area contributed by atoms with Crippen LogP contribution in [0.25, 0.3) is 16.7 Å². The Bertz CT molecular complexity index is 1480. The van der Waals surface area contributed by atoms with Crippen LogP contribution in [-0.4, -0.2) is 21.5 Å². The van der Waals surface area contributed by atoms with Crippen molar-refractivity contribution in [1.82, 2.24) is 14.9 Å². The number of nitrogens with zero attached hydrogens (tertiary/aromatic N) is 3. The van der Waals surface area contributed by atoms with Gasteiger partial charge in [-0.25, -0.2) is 4.98 Å². The zero-order valence-electron chi connectivity index (χ0n) is 17.0. The quantitative estimate of drug-likeness (QED) is 0.312. The summed E-state index contributed by atoms with van der Waals surface area (Å²) in [6.45, 7) is 0. The number of hydrogen-bond donors (Lipinski definition) is 1. The second-order valence-corrected chi connectivity index (χ2v) is 7.62.